The fraction of sp³-hybridized carbons (Fsp3) is 0.200. The van der Waals surface area contributed by atoms with Crippen LogP contribution < -0.4 is 0 Å². The zero-order valence-corrected chi connectivity index (χ0v) is 9.63. The maximum absolute atomic E-state index is 5.24. The van der Waals surface area contributed by atoms with Crippen molar-refractivity contribution in [3.63, 3.8) is 0 Å². The van der Waals surface area contributed by atoms with Crippen molar-refractivity contribution < 1.29 is 0 Å². The standard InChI is InChI=1S/C10H10N2S2/c1-6-7(2)12-10(13)9(11-6)8-4-3-5-14-8/h3-5H,1-2H3,(H,12,13). The Bertz CT molecular complexity index is 497. The molecule has 0 spiro atoms. The lowest BCUT2D eigenvalue weighted by Crippen LogP contribution is -1.94. The molecule has 0 radical (unpaired) electrons. The molecule has 4 heteroatoms. The number of hydrogen-bond donors (Lipinski definition) is 1. The highest BCUT2D eigenvalue weighted by molar-refractivity contribution is 7.71. The summed E-state index contributed by atoms with van der Waals surface area (Å²) in [5.74, 6) is 0. The van der Waals surface area contributed by atoms with Crippen LogP contribution in [-0.2, 0) is 0 Å². The van der Waals surface area contributed by atoms with Crippen LogP contribution in [0, 0.1) is 18.5 Å². The molecule has 0 saturated heterocycles. The number of nitrogens with one attached hydrogen (secondary N) is 1. The lowest BCUT2D eigenvalue weighted by Gasteiger charge is -2.02. The Morgan fingerprint density at radius 1 is 1.43 bits per heavy atom. The van der Waals surface area contributed by atoms with E-state index in [1.54, 1.807) is 11.3 Å². The van der Waals surface area contributed by atoms with E-state index in [9.17, 15) is 0 Å². The quantitative estimate of drug-likeness (QED) is 0.748. The molecule has 0 aliphatic rings. The van der Waals surface area contributed by atoms with Gasteiger partial charge in [-0.2, -0.15) is 0 Å². The first-order valence-corrected chi connectivity index (χ1v) is 5.58. The number of aryl methyl sites for hydroxylation is 2. The van der Waals surface area contributed by atoms with Crippen molar-refractivity contribution in [2.24, 2.45) is 0 Å². The number of rotatable bonds is 1. The molecule has 0 aromatic carbocycles. The highest BCUT2D eigenvalue weighted by Gasteiger charge is 2.05. The molecule has 0 fully saturated rings. The van der Waals surface area contributed by atoms with E-state index in [0.29, 0.717) is 0 Å². The van der Waals surface area contributed by atoms with Gasteiger partial charge in [-0.05, 0) is 25.3 Å². The molecule has 2 aromatic heterocycles. The first-order chi connectivity index (χ1) is 6.68. The average Bonchev–Trinajstić information content (AvgIpc) is 2.64. The number of H-pyrrole nitrogens is 1. The molecule has 0 unspecified atom stereocenters. The molecule has 0 amide bonds. The van der Waals surface area contributed by atoms with Crippen LogP contribution in [0.4, 0.5) is 0 Å². The summed E-state index contributed by atoms with van der Waals surface area (Å²) in [6.45, 7) is 3.97. The lowest BCUT2D eigenvalue weighted by molar-refractivity contribution is 1.04. The van der Waals surface area contributed by atoms with Gasteiger partial charge in [-0.1, -0.05) is 18.3 Å². The summed E-state index contributed by atoms with van der Waals surface area (Å²) < 4.78 is 0.718. The number of aromatic amines is 1. The van der Waals surface area contributed by atoms with Crippen molar-refractivity contribution in [1.82, 2.24) is 9.97 Å². The van der Waals surface area contributed by atoms with Crippen molar-refractivity contribution in [3.05, 3.63) is 33.5 Å². The predicted octanol–water partition coefficient (Wildman–Crippen LogP) is 3.48. The van der Waals surface area contributed by atoms with Gasteiger partial charge < -0.3 is 4.98 Å². The van der Waals surface area contributed by atoms with Gasteiger partial charge >= 0.3 is 0 Å². The Hall–Kier alpha value is -1.00. The highest BCUT2D eigenvalue weighted by Crippen LogP contribution is 2.23. The van der Waals surface area contributed by atoms with E-state index in [1.165, 1.54) is 0 Å². The third-order valence-corrected chi connectivity index (χ3v) is 3.26. The predicted molar refractivity (Wildman–Crippen MR) is 62.2 cm³/mol. The molecule has 2 nitrogen and oxygen atoms in total. The molecule has 0 aliphatic heterocycles. The first-order valence-electron chi connectivity index (χ1n) is 4.30. The summed E-state index contributed by atoms with van der Waals surface area (Å²) >= 11 is 6.89. The van der Waals surface area contributed by atoms with Crippen molar-refractivity contribution in [3.8, 4) is 10.6 Å². The van der Waals surface area contributed by atoms with Crippen molar-refractivity contribution in [1.29, 1.82) is 0 Å². The van der Waals surface area contributed by atoms with Gasteiger partial charge in [-0.15, -0.1) is 11.3 Å². The molecule has 14 heavy (non-hydrogen) atoms. The number of hydrogen-bond acceptors (Lipinski definition) is 3. The summed E-state index contributed by atoms with van der Waals surface area (Å²) in [6, 6.07) is 4.04. The van der Waals surface area contributed by atoms with Crippen LogP contribution in [0.3, 0.4) is 0 Å². The smallest absolute Gasteiger partial charge is 0.130 e. The van der Waals surface area contributed by atoms with E-state index < -0.39 is 0 Å². The molecular formula is C10H10N2S2. The second-order valence-corrected chi connectivity index (χ2v) is 4.46. The van der Waals surface area contributed by atoms with E-state index >= 15 is 0 Å². The maximum atomic E-state index is 5.24. The topological polar surface area (TPSA) is 28.7 Å². The Labute approximate surface area is 91.7 Å². The van der Waals surface area contributed by atoms with Crippen molar-refractivity contribution in [2.45, 2.75) is 13.8 Å². The number of nitrogens with zero attached hydrogens (tertiary/aromatic N) is 1. The minimum atomic E-state index is 0.718. The second-order valence-electron chi connectivity index (χ2n) is 3.10. The number of thiophene rings is 1. The minimum Gasteiger partial charge on any atom is -0.347 e. The molecule has 1 N–H and O–H groups in total. The van der Waals surface area contributed by atoms with Crippen LogP contribution in [0.15, 0.2) is 17.5 Å². The number of aromatic nitrogens is 2. The van der Waals surface area contributed by atoms with Crippen LogP contribution >= 0.6 is 23.6 Å². The third kappa shape index (κ3) is 1.63. The molecule has 2 rings (SSSR count). The third-order valence-electron chi connectivity index (χ3n) is 2.09. The summed E-state index contributed by atoms with van der Waals surface area (Å²) in [5.41, 5.74) is 2.93. The van der Waals surface area contributed by atoms with E-state index in [2.05, 4.69) is 9.97 Å². The summed E-state index contributed by atoms with van der Waals surface area (Å²) in [6.07, 6.45) is 0. The molecule has 2 aromatic rings. The molecule has 72 valence electrons. The van der Waals surface area contributed by atoms with Gasteiger partial charge in [-0.3, -0.25) is 0 Å². The van der Waals surface area contributed by atoms with E-state index in [4.69, 9.17) is 12.2 Å². The molecule has 0 saturated carbocycles. The van der Waals surface area contributed by atoms with Gasteiger partial charge in [0, 0.05) is 5.69 Å². The molecular weight excluding hydrogens is 212 g/mol. The van der Waals surface area contributed by atoms with Crippen LogP contribution in [0.5, 0.6) is 0 Å². The highest BCUT2D eigenvalue weighted by atomic mass is 32.1. The SMILES string of the molecule is Cc1nc(-c2cccs2)c(=S)[nH]c1C. The van der Waals surface area contributed by atoms with Crippen molar-refractivity contribution >= 4 is 23.6 Å². The molecule has 0 atom stereocenters. The van der Waals surface area contributed by atoms with E-state index in [0.717, 1.165) is 26.6 Å². The molecule has 2 heterocycles. The zero-order chi connectivity index (χ0) is 10.1. The van der Waals surface area contributed by atoms with Crippen molar-refractivity contribution in [2.75, 3.05) is 0 Å². The normalized spacial score (nSPS) is 10.4. The maximum Gasteiger partial charge on any atom is 0.130 e. The van der Waals surface area contributed by atoms with Gasteiger partial charge in [0.25, 0.3) is 0 Å². The van der Waals surface area contributed by atoms with Gasteiger partial charge in [-0.25, -0.2) is 4.98 Å². The summed E-state index contributed by atoms with van der Waals surface area (Å²) in [4.78, 5) is 8.76. The van der Waals surface area contributed by atoms with Gasteiger partial charge in [0.05, 0.1) is 10.6 Å². The Balaban J connectivity index is 2.66. The Kier molecular flexibility index (Phi) is 2.48. The summed E-state index contributed by atoms with van der Waals surface area (Å²) in [7, 11) is 0. The largest absolute Gasteiger partial charge is 0.347 e. The van der Waals surface area contributed by atoms with Gasteiger partial charge in [0.1, 0.15) is 10.3 Å². The fourth-order valence-corrected chi connectivity index (χ4v) is 2.30. The van der Waals surface area contributed by atoms with Crippen LogP contribution in [0.1, 0.15) is 11.4 Å². The average molecular weight is 222 g/mol. The van der Waals surface area contributed by atoms with E-state index in [-0.39, 0.29) is 0 Å². The second kappa shape index (κ2) is 3.63. The Morgan fingerprint density at radius 3 is 2.86 bits per heavy atom. The summed E-state index contributed by atoms with van der Waals surface area (Å²) in [5, 5.41) is 2.03. The van der Waals surface area contributed by atoms with Gasteiger partial charge in [0.15, 0.2) is 0 Å². The van der Waals surface area contributed by atoms with Crippen LogP contribution in [-0.4, -0.2) is 9.97 Å². The monoisotopic (exact) mass is 222 g/mol. The zero-order valence-electron chi connectivity index (χ0n) is 8.00. The van der Waals surface area contributed by atoms with E-state index in [1.807, 2.05) is 31.4 Å². The lowest BCUT2D eigenvalue weighted by atomic mass is 10.3. The first kappa shape index (κ1) is 9.55. The Morgan fingerprint density at radius 2 is 2.21 bits per heavy atom. The molecule has 0 bridgehead atoms. The van der Waals surface area contributed by atoms with Crippen LogP contribution in [0.25, 0.3) is 10.6 Å². The minimum absolute atomic E-state index is 0.718. The van der Waals surface area contributed by atoms with Gasteiger partial charge in [0.2, 0.25) is 0 Å². The molecule has 0 aliphatic carbocycles. The van der Waals surface area contributed by atoms with Crippen LogP contribution in [0.2, 0.25) is 0 Å². The fourth-order valence-electron chi connectivity index (χ4n) is 1.20.